The number of aromatic nitrogens is 4. The summed E-state index contributed by atoms with van der Waals surface area (Å²) >= 11 is 0. The van der Waals surface area contributed by atoms with Crippen LogP contribution < -0.4 is 5.73 Å². The zero-order chi connectivity index (χ0) is 12.4. The first-order valence-electron chi connectivity index (χ1n) is 5.01. The van der Waals surface area contributed by atoms with Crippen LogP contribution in [0.5, 0.6) is 0 Å². The molecule has 7 heteroatoms. The summed E-state index contributed by atoms with van der Waals surface area (Å²) in [6.45, 7) is 1.98. The van der Waals surface area contributed by atoms with Crippen molar-refractivity contribution in [1.82, 2.24) is 19.7 Å². The van der Waals surface area contributed by atoms with Crippen LogP contribution in [0.2, 0.25) is 0 Å². The van der Waals surface area contributed by atoms with Gasteiger partial charge in [-0.1, -0.05) is 0 Å². The molecule has 0 bridgehead atoms. The molecule has 2 heterocycles. The van der Waals surface area contributed by atoms with Crippen molar-refractivity contribution in [1.29, 1.82) is 0 Å². The predicted octanol–water partition coefficient (Wildman–Crippen LogP) is 0.149. The highest BCUT2D eigenvalue weighted by Gasteiger charge is 2.20. The van der Waals surface area contributed by atoms with Gasteiger partial charge in [0.05, 0.1) is 36.1 Å². The molecule has 0 aromatic carbocycles. The minimum absolute atomic E-state index is 0.248. The Morgan fingerprint density at radius 3 is 2.94 bits per heavy atom. The van der Waals surface area contributed by atoms with E-state index < -0.39 is 5.91 Å². The number of imidazole rings is 1. The third-order valence-corrected chi connectivity index (χ3v) is 2.40. The number of nitrogens with zero attached hydrogens (tertiary/aromatic N) is 3. The van der Waals surface area contributed by atoms with E-state index in [9.17, 15) is 4.79 Å². The van der Waals surface area contributed by atoms with Gasteiger partial charge in [-0.05, 0) is 6.92 Å². The van der Waals surface area contributed by atoms with Gasteiger partial charge in [0, 0.05) is 7.11 Å². The molecule has 0 spiro atoms. The maximum absolute atomic E-state index is 11.4. The molecule has 0 aliphatic heterocycles. The van der Waals surface area contributed by atoms with E-state index >= 15 is 0 Å². The Bertz CT molecular complexity index is 529. The fourth-order valence-corrected chi connectivity index (χ4v) is 1.73. The number of carbonyl (C=O) groups excluding carboxylic acids is 1. The number of nitrogens with two attached hydrogens (primary N) is 1. The number of amides is 1. The van der Waals surface area contributed by atoms with E-state index in [2.05, 4.69) is 15.1 Å². The second kappa shape index (κ2) is 4.38. The van der Waals surface area contributed by atoms with E-state index in [-0.39, 0.29) is 6.61 Å². The number of H-pyrrole nitrogens is 1. The van der Waals surface area contributed by atoms with Gasteiger partial charge in [0.1, 0.15) is 0 Å². The topological polar surface area (TPSA) is 98.8 Å². The molecule has 0 aliphatic rings. The first kappa shape index (κ1) is 11.3. The van der Waals surface area contributed by atoms with E-state index in [0.717, 1.165) is 0 Å². The number of rotatable bonds is 4. The molecular weight excluding hydrogens is 222 g/mol. The molecule has 0 saturated carbocycles. The Kier molecular flexibility index (Phi) is 2.92. The number of aromatic amines is 1. The van der Waals surface area contributed by atoms with Crippen molar-refractivity contribution in [3.05, 3.63) is 29.5 Å². The molecule has 0 aliphatic carbocycles. The third-order valence-electron chi connectivity index (χ3n) is 2.40. The second-order valence-corrected chi connectivity index (χ2v) is 3.55. The number of primary amides is 1. The van der Waals surface area contributed by atoms with Crippen molar-refractivity contribution in [2.24, 2.45) is 5.73 Å². The summed E-state index contributed by atoms with van der Waals surface area (Å²) in [5.41, 5.74) is 6.91. The summed E-state index contributed by atoms with van der Waals surface area (Å²) in [6, 6.07) is 0. The molecular formula is C10H13N5O2. The third kappa shape index (κ3) is 1.92. The lowest BCUT2D eigenvalue weighted by atomic mass is 10.2. The van der Waals surface area contributed by atoms with Crippen LogP contribution >= 0.6 is 0 Å². The molecule has 7 nitrogen and oxygen atoms in total. The van der Waals surface area contributed by atoms with Crippen molar-refractivity contribution in [2.75, 3.05) is 7.11 Å². The Balaban J connectivity index is 2.60. The zero-order valence-electron chi connectivity index (χ0n) is 9.60. The van der Waals surface area contributed by atoms with E-state index in [1.54, 1.807) is 24.9 Å². The predicted molar refractivity (Wildman–Crippen MR) is 59.7 cm³/mol. The maximum Gasteiger partial charge on any atom is 0.252 e. The summed E-state index contributed by atoms with van der Waals surface area (Å²) in [5.74, 6) is 0.146. The number of hydrogen-bond acceptors (Lipinski definition) is 4. The normalized spacial score (nSPS) is 10.7. The van der Waals surface area contributed by atoms with Crippen LogP contribution in [0.4, 0.5) is 0 Å². The van der Waals surface area contributed by atoms with Gasteiger partial charge < -0.3 is 15.5 Å². The van der Waals surface area contributed by atoms with Crippen LogP contribution in [0.3, 0.4) is 0 Å². The van der Waals surface area contributed by atoms with Gasteiger partial charge in [0.2, 0.25) is 0 Å². The molecule has 0 saturated heterocycles. The molecule has 2 aromatic heterocycles. The average Bonchev–Trinajstić information content (AvgIpc) is 2.86. The van der Waals surface area contributed by atoms with Gasteiger partial charge in [0.15, 0.2) is 5.82 Å². The standard InChI is InChI=1S/C10H13N5O2/c1-6-9(10(11)16)7(4-17-2)15(14-6)8-3-12-5-13-8/h3,5H,4H2,1-2H3,(H2,11,16)(H,12,13). The van der Waals surface area contributed by atoms with Gasteiger partial charge in [0.25, 0.3) is 5.91 Å². The molecule has 17 heavy (non-hydrogen) atoms. The number of aryl methyl sites for hydroxylation is 1. The highest BCUT2D eigenvalue weighted by molar-refractivity contribution is 5.95. The van der Waals surface area contributed by atoms with Gasteiger partial charge in [-0.15, -0.1) is 0 Å². The Morgan fingerprint density at radius 1 is 1.65 bits per heavy atom. The number of hydrogen-bond donors (Lipinski definition) is 2. The van der Waals surface area contributed by atoms with Crippen LogP contribution in [-0.2, 0) is 11.3 Å². The summed E-state index contributed by atoms with van der Waals surface area (Å²) < 4.78 is 6.64. The highest BCUT2D eigenvalue weighted by atomic mass is 16.5. The molecule has 2 rings (SSSR count). The van der Waals surface area contributed by atoms with Crippen molar-refractivity contribution in [2.45, 2.75) is 13.5 Å². The monoisotopic (exact) mass is 235 g/mol. The highest BCUT2D eigenvalue weighted by Crippen LogP contribution is 2.17. The summed E-state index contributed by atoms with van der Waals surface area (Å²) in [4.78, 5) is 18.2. The quantitative estimate of drug-likeness (QED) is 0.787. The fourth-order valence-electron chi connectivity index (χ4n) is 1.73. The van der Waals surface area contributed by atoms with Gasteiger partial charge in [-0.3, -0.25) is 4.79 Å². The molecule has 1 amide bonds. The zero-order valence-corrected chi connectivity index (χ0v) is 9.60. The first-order valence-corrected chi connectivity index (χ1v) is 5.01. The Labute approximate surface area is 97.6 Å². The molecule has 0 fully saturated rings. The lowest BCUT2D eigenvalue weighted by molar-refractivity contribution is 0.0994. The Morgan fingerprint density at radius 2 is 2.41 bits per heavy atom. The summed E-state index contributed by atoms with van der Waals surface area (Å²) in [6.07, 6.45) is 3.14. The molecule has 0 radical (unpaired) electrons. The Hall–Kier alpha value is -2.15. The number of methoxy groups -OCH3 is 1. The second-order valence-electron chi connectivity index (χ2n) is 3.55. The summed E-state index contributed by atoms with van der Waals surface area (Å²) in [7, 11) is 1.55. The minimum Gasteiger partial charge on any atom is -0.378 e. The number of nitrogens with one attached hydrogen (secondary N) is 1. The maximum atomic E-state index is 11.4. The van der Waals surface area contributed by atoms with Crippen molar-refractivity contribution in [3.8, 4) is 5.82 Å². The SMILES string of the molecule is COCc1c(C(N)=O)c(C)nn1-c1cnc[nH]1. The molecule has 0 unspecified atom stereocenters. The number of ether oxygens (including phenoxy) is 1. The average molecular weight is 235 g/mol. The van der Waals surface area contributed by atoms with E-state index in [4.69, 9.17) is 10.5 Å². The van der Waals surface area contributed by atoms with Crippen molar-refractivity contribution in [3.63, 3.8) is 0 Å². The lowest BCUT2D eigenvalue weighted by Crippen LogP contribution is -2.15. The van der Waals surface area contributed by atoms with Crippen molar-refractivity contribution >= 4 is 5.91 Å². The molecule has 0 atom stereocenters. The van der Waals surface area contributed by atoms with E-state index in [0.29, 0.717) is 22.8 Å². The van der Waals surface area contributed by atoms with E-state index in [1.807, 2.05) is 0 Å². The lowest BCUT2D eigenvalue weighted by Gasteiger charge is -2.05. The van der Waals surface area contributed by atoms with Gasteiger partial charge in [-0.25, -0.2) is 9.67 Å². The fraction of sp³-hybridized carbons (Fsp3) is 0.300. The first-order chi connectivity index (χ1) is 8.15. The van der Waals surface area contributed by atoms with Crippen LogP contribution in [-0.4, -0.2) is 32.8 Å². The minimum atomic E-state index is -0.514. The largest absolute Gasteiger partial charge is 0.378 e. The van der Waals surface area contributed by atoms with Crippen LogP contribution in [0, 0.1) is 6.92 Å². The molecule has 90 valence electrons. The van der Waals surface area contributed by atoms with E-state index in [1.165, 1.54) is 6.33 Å². The van der Waals surface area contributed by atoms with Crippen LogP contribution in [0.1, 0.15) is 21.7 Å². The smallest absolute Gasteiger partial charge is 0.252 e. The number of carbonyl (C=O) groups is 1. The van der Waals surface area contributed by atoms with Crippen LogP contribution in [0.15, 0.2) is 12.5 Å². The van der Waals surface area contributed by atoms with Gasteiger partial charge in [-0.2, -0.15) is 5.10 Å². The van der Waals surface area contributed by atoms with Crippen LogP contribution in [0.25, 0.3) is 5.82 Å². The molecule has 3 N–H and O–H groups in total. The van der Waals surface area contributed by atoms with Crippen molar-refractivity contribution < 1.29 is 9.53 Å². The molecule has 2 aromatic rings. The van der Waals surface area contributed by atoms with Gasteiger partial charge >= 0.3 is 0 Å². The summed E-state index contributed by atoms with van der Waals surface area (Å²) in [5, 5.41) is 4.26.